The van der Waals surface area contributed by atoms with Gasteiger partial charge in [-0.3, -0.25) is 9.48 Å². The number of aryl methyl sites for hydroxylation is 1. The molecule has 1 aromatic rings. The molecule has 1 heterocycles. The van der Waals surface area contributed by atoms with Crippen molar-refractivity contribution >= 4 is 5.91 Å². The summed E-state index contributed by atoms with van der Waals surface area (Å²) in [4.78, 5) is 11.5. The van der Waals surface area contributed by atoms with E-state index in [0.29, 0.717) is 13.0 Å². The van der Waals surface area contributed by atoms with E-state index in [9.17, 15) is 4.79 Å². The Kier molecular flexibility index (Phi) is 5.46. The summed E-state index contributed by atoms with van der Waals surface area (Å²) in [6.45, 7) is 6.70. The van der Waals surface area contributed by atoms with Crippen molar-refractivity contribution < 1.29 is 4.79 Å². The zero-order chi connectivity index (χ0) is 12.7. The predicted molar refractivity (Wildman–Crippen MR) is 68.7 cm³/mol. The van der Waals surface area contributed by atoms with Gasteiger partial charge in [0.25, 0.3) is 0 Å². The molecule has 0 saturated carbocycles. The highest BCUT2D eigenvalue weighted by Gasteiger charge is 2.06. The van der Waals surface area contributed by atoms with Gasteiger partial charge in [0, 0.05) is 19.2 Å². The fourth-order valence-corrected chi connectivity index (χ4v) is 1.46. The average molecular weight is 235 g/mol. The molecule has 0 aliphatic heterocycles. The van der Waals surface area contributed by atoms with Crippen LogP contribution in [0.3, 0.4) is 0 Å². The van der Waals surface area contributed by atoms with E-state index < -0.39 is 0 Å². The maximum absolute atomic E-state index is 11.5. The van der Waals surface area contributed by atoms with Crippen LogP contribution in [0, 0.1) is 6.92 Å². The minimum Gasteiger partial charge on any atom is -0.354 e. The van der Waals surface area contributed by atoms with Crippen LogP contribution in [0.5, 0.6) is 0 Å². The minimum atomic E-state index is 0.0606. The van der Waals surface area contributed by atoms with Crippen LogP contribution in [0.15, 0.2) is 24.5 Å². The van der Waals surface area contributed by atoms with E-state index in [1.165, 1.54) is 0 Å². The molecule has 0 spiro atoms. The molecule has 0 unspecified atom stereocenters. The van der Waals surface area contributed by atoms with Gasteiger partial charge < -0.3 is 5.32 Å². The Hall–Kier alpha value is -1.58. The van der Waals surface area contributed by atoms with E-state index in [-0.39, 0.29) is 11.9 Å². The number of nitrogens with one attached hydrogen (secondary N) is 1. The Labute approximate surface area is 103 Å². The van der Waals surface area contributed by atoms with Crippen LogP contribution in [0.4, 0.5) is 0 Å². The van der Waals surface area contributed by atoms with E-state index in [0.717, 1.165) is 12.0 Å². The van der Waals surface area contributed by atoms with Crippen molar-refractivity contribution in [2.24, 2.45) is 0 Å². The average Bonchev–Trinajstić information content (AvgIpc) is 2.73. The van der Waals surface area contributed by atoms with E-state index in [1.54, 1.807) is 0 Å². The zero-order valence-corrected chi connectivity index (χ0v) is 10.8. The normalized spacial score (nSPS) is 12.9. The molecule has 4 heteroatoms. The molecule has 1 N–H and O–H groups in total. The van der Waals surface area contributed by atoms with Gasteiger partial charge in [-0.15, -0.1) is 0 Å². The highest BCUT2D eigenvalue weighted by atomic mass is 16.1. The van der Waals surface area contributed by atoms with Crippen molar-refractivity contribution in [3.8, 4) is 0 Å². The summed E-state index contributed by atoms with van der Waals surface area (Å²) in [6.07, 6.45) is 9.13. The van der Waals surface area contributed by atoms with Crippen LogP contribution >= 0.6 is 0 Å². The van der Waals surface area contributed by atoms with Gasteiger partial charge in [-0.25, -0.2) is 0 Å². The first kappa shape index (κ1) is 13.5. The maximum Gasteiger partial charge on any atom is 0.223 e. The summed E-state index contributed by atoms with van der Waals surface area (Å²) in [6, 6.07) is 0.183. The number of allylic oxidation sites excluding steroid dienone is 1. The summed E-state index contributed by atoms with van der Waals surface area (Å²) >= 11 is 0. The Morgan fingerprint density at radius 2 is 2.35 bits per heavy atom. The number of carbonyl (C=O) groups is 1. The highest BCUT2D eigenvalue weighted by Crippen LogP contribution is 2.04. The number of aromatic nitrogens is 2. The number of hydrogen-bond donors (Lipinski definition) is 1. The van der Waals surface area contributed by atoms with E-state index in [2.05, 4.69) is 17.3 Å². The van der Waals surface area contributed by atoms with Crippen LogP contribution in [0.1, 0.15) is 38.3 Å². The first-order chi connectivity index (χ1) is 8.13. The van der Waals surface area contributed by atoms with Gasteiger partial charge in [0.15, 0.2) is 0 Å². The van der Waals surface area contributed by atoms with E-state index >= 15 is 0 Å². The first-order valence-electron chi connectivity index (χ1n) is 6.06. The topological polar surface area (TPSA) is 46.9 Å². The Bertz CT molecular complexity index is 382. The van der Waals surface area contributed by atoms with Crippen molar-refractivity contribution in [3.05, 3.63) is 30.1 Å². The van der Waals surface area contributed by atoms with Crippen molar-refractivity contribution in [2.75, 3.05) is 6.54 Å². The van der Waals surface area contributed by atoms with Gasteiger partial charge in [0.2, 0.25) is 5.91 Å². The Morgan fingerprint density at radius 3 is 2.94 bits per heavy atom. The standard InChI is InChI=1S/C13H21N3O/c1-4-5-6-7-13(17)14-9-12(3)16-10-11(2)8-15-16/h5-6,8,10,12H,4,7,9H2,1-3H3,(H,14,17)/b6-5+/t12-/m1/s1. The van der Waals surface area contributed by atoms with Crippen molar-refractivity contribution in [3.63, 3.8) is 0 Å². The molecule has 1 rings (SSSR count). The molecule has 1 atom stereocenters. The summed E-state index contributed by atoms with van der Waals surface area (Å²) in [5.74, 6) is 0.0606. The lowest BCUT2D eigenvalue weighted by atomic mass is 10.3. The van der Waals surface area contributed by atoms with E-state index in [1.807, 2.05) is 43.1 Å². The molecule has 94 valence electrons. The summed E-state index contributed by atoms with van der Waals surface area (Å²) in [5.41, 5.74) is 1.13. The van der Waals surface area contributed by atoms with Crippen LogP contribution in [-0.2, 0) is 4.79 Å². The lowest BCUT2D eigenvalue weighted by Crippen LogP contribution is -2.29. The third kappa shape index (κ3) is 4.85. The molecular formula is C13H21N3O. The van der Waals surface area contributed by atoms with Crippen molar-refractivity contribution in [1.82, 2.24) is 15.1 Å². The van der Waals surface area contributed by atoms with Gasteiger partial charge in [-0.2, -0.15) is 5.10 Å². The molecule has 0 bridgehead atoms. The van der Waals surface area contributed by atoms with Crippen LogP contribution < -0.4 is 5.32 Å². The second kappa shape index (κ2) is 6.89. The molecule has 0 radical (unpaired) electrons. The molecule has 0 aliphatic carbocycles. The number of hydrogen-bond acceptors (Lipinski definition) is 2. The molecule has 0 aliphatic rings. The van der Waals surface area contributed by atoms with E-state index in [4.69, 9.17) is 0 Å². The minimum absolute atomic E-state index is 0.0606. The monoisotopic (exact) mass is 235 g/mol. The molecule has 0 fully saturated rings. The van der Waals surface area contributed by atoms with Gasteiger partial charge in [-0.1, -0.05) is 19.1 Å². The molecule has 4 nitrogen and oxygen atoms in total. The lowest BCUT2D eigenvalue weighted by Gasteiger charge is -2.12. The zero-order valence-electron chi connectivity index (χ0n) is 10.8. The highest BCUT2D eigenvalue weighted by molar-refractivity contribution is 5.77. The summed E-state index contributed by atoms with van der Waals surface area (Å²) in [5, 5.41) is 7.12. The Morgan fingerprint density at radius 1 is 1.59 bits per heavy atom. The maximum atomic E-state index is 11.5. The fourth-order valence-electron chi connectivity index (χ4n) is 1.46. The second-order valence-corrected chi connectivity index (χ2v) is 4.23. The molecule has 1 amide bonds. The first-order valence-corrected chi connectivity index (χ1v) is 6.06. The Balaban J connectivity index is 2.30. The predicted octanol–water partition coefficient (Wildman–Crippen LogP) is 2.23. The number of nitrogens with zero attached hydrogens (tertiary/aromatic N) is 2. The number of amides is 1. The lowest BCUT2D eigenvalue weighted by molar-refractivity contribution is -0.120. The number of carbonyl (C=O) groups excluding carboxylic acids is 1. The quantitative estimate of drug-likeness (QED) is 0.768. The summed E-state index contributed by atoms with van der Waals surface area (Å²) in [7, 11) is 0. The third-order valence-electron chi connectivity index (χ3n) is 2.48. The molecule has 17 heavy (non-hydrogen) atoms. The number of rotatable bonds is 6. The van der Waals surface area contributed by atoms with Crippen molar-refractivity contribution in [1.29, 1.82) is 0 Å². The van der Waals surface area contributed by atoms with Crippen molar-refractivity contribution in [2.45, 2.75) is 39.7 Å². The SMILES string of the molecule is CC/C=C/CC(=O)NC[C@@H](C)n1cc(C)cn1. The van der Waals surface area contributed by atoms with Crippen LogP contribution in [-0.4, -0.2) is 22.2 Å². The smallest absolute Gasteiger partial charge is 0.223 e. The summed E-state index contributed by atoms with van der Waals surface area (Å²) < 4.78 is 1.87. The molecule has 1 aromatic heterocycles. The van der Waals surface area contributed by atoms with Crippen LogP contribution in [0.25, 0.3) is 0 Å². The van der Waals surface area contributed by atoms with Gasteiger partial charge in [0.1, 0.15) is 0 Å². The molecule has 0 saturated heterocycles. The fraction of sp³-hybridized carbons (Fsp3) is 0.538. The van der Waals surface area contributed by atoms with Gasteiger partial charge >= 0.3 is 0 Å². The van der Waals surface area contributed by atoms with Gasteiger partial charge in [0.05, 0.1) is 12.2 Å². The molecule has 0 aromatic carbocycles. The molecular weight excluding hydrogens is 214 g/mol. The second-order valence-electron chi connectivity index (χ2n) is 4.23. The largest absolute Gasteiger partial charge is 0.354 e. The third-order valence-corrected chi connectivity index (χ3v) is 2.48. The van der Waals surface area contributed by atoms with Crippen LogP contribution in [0.2, 0.25) is 0 Å². The van der Waals surface area contributed by atoms with Gasteiger partial charge in [-0.05, 0) is 25.8 Å².